The van der Waals surface area contributed by atoms with Crippen LogP contribution in [0.4, 0.5) is 0 Å². The molecule has 0 spiro atoms. The molecule has 9 heteroatoms. The lowest BCUT2D eigenvalue weighted by Gasteiger charge is -2.46. The molecule has 1 unspecified atom stereocenters. The van der Waals surface area contributed by atoms with Gasteiger partial charge in [0.2, 0.25) is 6.73 Å². The van der Waals surface area contributed by atoms with Crippen LogP contribution in [0.5, 0.6) is 11.5 Å². The van der Waals surface area contributed by atoms with Crippen molar-refractivity contribution in [3.8, 4) is 11.5 Å². The lowest BCUT2D eigenvalue weighted by atomic mass is 9.57. The number of aliphatic hydroxyl groups is 2. The topological polar surface area (TPSA) is 142 Å². The summed E-state index contributed by atoms with van der Waals surface area (Å²) in [6, 6.07) is 11.8. The van der Waals surface area contributed by atoms with Gasteiger partial charge in [0.15, 0.2) is 11.5 Å². The summed E-state index contributed by atoms with van der Waals surface area (Å²) < 4.78 is 6.16. The number of nitrogens with two attached hydrogens (primary N) is 1. The van der Waals surface area contributed by atoms with Gasteiger partial charge in [-0.2, -0.15) is 0 Å². The maximum Gasteiger partial charge on any atom is 0.227 e. The van der Waals surface area contributed by atoms with Gasteiger partial charge in [-0.05, 0) is 84.4 Å². The fraction of sp³-hybridized carbons (Fsp3) is 0.500. The number of nitrogens with zero attached hydrogens (tertiary/aromatic N) is 2. The summed E-state index contributed by atoms with van der Waals surface area (Å²) in [6.45, 7) is 3.08. The zero-order valence-electron chi connectivity index (χ0n) is 27.2. The number of aromatic hydroxyl groups is 1. The number of ketones is 1. The Bertz CT molecular complexity index is 1660. The molecule has 2 aromatic carbocycles. The molecule has 0 saturated heterocycles. The van der Waals surface area contributed by atoms with Gasteiger partial charge in [0.1, 0.15) is 30.4 Å². The zero-order chi connectivity index (χ0) is 32.7. The number of hydrogen-bond donors (Lipinski definition) is 5. The monoisotopic (exact) mass is 639 g/mol. The van der Waals surface area contributed by atoms with Crippen molar-refractivity contribution in [3.63, 3.8) is 0 Å². The SMILES string of the molecule is CCC[C@H](O)C[C@@H](O)CC(=O)CCc1ccc(O)c(OC[NH+]2C=C3N=CC([C@]45CCC[C@H]4C[C@@H]4C=N[C@@H](N)c6cccc5c64)=C3C2)c1. The van der Waals surface area contributed by atoms with E-state index in [1.165, 1.54) is 35.1 Å². The Morgan fingerprint density at radius 3 is 2.94 bits per heavy atom. The van der Waals surface area contributed by atoms with Crippen molar-refractivity contribution in [2.24, 2.45) is 21.6 Å². The van der Waals surface area contributed by atoms with Crippen molar-refractivity contribution >= 4 is 18.2 Å². The lowest BCUT2D eigenvalue weighted by molar-refractivity contribution is -0.855. The number of rotatable bonds is 13. The molecular weight excluding hydrogens is 592 g/mol. The third kappa shape index (κ3) is 5.99. The van der Waals surface area contributed by atoms with Crippen LogP contribution in [0.3, 0.4) is 0 Å². The van der Waals surface area contributed by atoms with E-state index in [1.54, 1.807) is 18.2 Å². The highest BCUT2D eigenvalue weighted by atomic mass is 16.5. The Hall–Kier alpha value is -3.63. The van der Waals surface area contributed by atoms with Gasteiger partial charge < -0.3 is 25.8 Å². The first-order valence-electron chi connectivity index (χ1n) is 17.4. The smallest absolute Gasteiger partial charge is 0.227 e. The van der Waals surface area contributed by atoms with Gasteiger partial charge >= 0.3 is 0 Å². The van der Waals surface area contributed by atoms with E-state index in [-0.39, 0.29) is 42.4 Å². The van der Waals surface area contributed by atoms with Crippen molar-refractivity contribution in [1.29, 1.82) is 0 Å². The molecule has 2 aliphatic carbocycles. The highest BCUT2D eigenvalue weighted by Crippen LogP contribution is 2.60. The van der Waals surface area contributed by atoms with E-state index in [4.69, 9.17) is 15.5 Å². The number of aliphatic imine (C=N–C) groups is 2. The minimum Gasteiger partial charge on any atom is -0.504 e. The second kappa shape index (κ2) is 13.1. The number of nitrogens with one attached hydrogen (secondary N) is 1. The number of fused-ring (bicyclic) bond motifs is 3. The fourth-order valence-electron chi connectivity index (χ4n) is 8.92. The predicted octanol–water partition coefficient (Wildman–Crippen LogP) is 3.92. The zero-order valence-corrected chi connectivity index (χ0v) is 27.2. The number of hydrogen-bond acceptors (Lipinski definition) is 8. The van der Waals surface area contributed by atoms with Gasteiger partial charge in [-0.25, -0.2) is 0 Å². The molecule has 1 saturated carbocycles. The maximum absolute atomic E-state index is 12.5. The van der Waals surface area contributed by atoms with Crippen molar-refractivity contribution in [1.82, 2.24) is 0 Å². The second-order valence-corrected chi connectivity index (χ2v) is 14.1. The summed E-state index contributed by atoms with van der Waals surface area (Å²) in [4.78, 5) is 23.2. The molecule has 1 fully saturated rings. The summed E-state index contributed by atoms with van der Waals surface area (Å²) in [6.07, 6.45) is 11.7. The van der Waals surface area contributed by atoms with Crippen LogP contribution >= 0.6 is 0 Å². The van der Waals surface area contributed by atoms with E-state index in [9.17, 15) is 20.1 Å². The molecule has 3 aliphatic heterocycles. The molecule has 7 atom stereocenters. The van der Waals surface area contributed by atoms with Crippen LogP contribution < -0.4 is 15.4 Å². The molecule has 9 nitrogen and oxygen atoms in total. The third-order valence-electron chi connectivity index (χ3n) is 11.0. The Morgan fingerprint density at radius 2 is 2.09 bits per heavy atom. The second-order valence-electron chi connectivity index (χ2n) is 14.1. The number of allylic oxidation sites excluding steroid dienone is 1. The number of aryl methyl sites for hydroxylation is 1. The standard InChI is InChI=1S/C38H46N4O5/c1-2-5-26(43)16-28(45)17-27(44)11-9-23-10-12-34(46)35(14-23)47-22-42-20-30-32(19-40-33(30)21-42)38-13-4-6-25(38)15-24-18-41-37(39)29-7-3-8-31(38)36(24)29/h3,7-8,10,12,14,18-19,21,24-26,28,37,43,45-46H,2,4-6,9,11,13,15-17,20,22,39H2,1H3/p+1/t24-,25+,26+,28-,37-,38-/m1/s1. The number of benzene rings is 2. The Balaban J connectivity index is 1.02. The average molecular weight is 640 g/mol. The van der Waals surface area contributed by atoms with Gasteiger partial charge in [0.25, 0.3) is 0 Å². The van der Waals surface area contributed by atoms with E-state index in [0.717, 1.165) is 47.5 Å². The van der Waals surface area contributed by atoms with E-state index in [2.05, 4.69) is 41.8 Å². The van der Waals surface area contributed by atoms with E-state index >= 15 is 0 Å². The van der Waals surface area contributed by atoms with Crippen LogP contribution in [0, 0.1) is 5.92 Å². The molecule has 3 heterocycles. The molecule has 47 heavy (non-hydrogen) atoms. The molecule has 7 rings (SSSR count). The number of Topliss-reactive ketones (excluding diaryl/α,β-unsaturated/α-hetero) is 1. The molecule has 248 valence electrons. The molecule has 2 aromatic rings. The van der Waals surface area contributed by atoms with E-state index in [0.29, 0.717) is 37.2 Å². The first kappa shape index (κ1) is 31.9. The Kier molecular flexibility index (Phi) is 8.91. The summed E-state index contributed by atoms with van der Waals surface area (Å²) >= 11 is 0. The Labute approximate surface area is 276 Å². The number of carbonyl (C=O) groups excluding carboxylic acids is 1. The minimum absolute atomic E-state index is 0.0344. The molecule has 5 aliphatic rings. The summed E-state index contributed by atoms with van der Waals surface area (Å²) in [5.41, 5.74) is 14.9. The van der Waals surface area contributed by atoms with Crippen molar-refractivity contribution < 1.29 is 29.8 Å². The number of carbonyl (C=O) groups is 1. The highest BCUT2D eigenvalue weighted by Gasteiger charge is 2.54. The van der Waals surface area contributed by atoms with Gasteiger partial charge in [-0.15, -0.1) is 0 Å². The quantitative estimate of drug-likeness (QED) is 0.225. The van der Waals surface area contributed by atoms with Crippen LogP contribution in [-0.4, -0.2) is 59.0 Å². The molecule has 0 amide bonds. The third-order valence-corrected chi connectivity index (χ3v) is 11.0. The van der Waals surface area contributed by atoms with Gasteiger partial charge in [-0.1, -0.05) is 44.0 Å². The predicted molar refractivity (Wildman–Crippen MR) is 181 cm³/mol. The number of phenolic OH excluding ortho intramolecular Hbond substituents is 1. The van der Waals surface area contributed by atoms with Crippen molar-refractivity contribution in [2.75, 3.05) is 13.3 Å². The molecule has 0 radical (unpaired) electrons. The average Bonchev–Trinajstić information content (AvgIpc) is 3.77. The molecule has 0 bridgehead atoms. The van der Waals surface area contributed by atoms with Crippen LogP contribution in [0.1, 0.15) is 99.0 Å². The number of quaternary nitrogens is 1. The van der Waals surface area contributed by atoms with E-state index < -0.39 is 12.2 Å². The van der Waals surface area contributed by atoms with Crippen LogP contribution in [0.25, 0.3) is 0 Å². The van der Waals surface area contributed by atoms with Crippen LogP contribution in [0.15, 0.2) is 69.4 Å². The first-order chi connectivity index (χ1) is 22.8. The summed E-state index contributed by atoms with van der Waals surface area (Å²) in [5, 5.41) is 30.7. The Morgan fingerprint density at radius 1 is 1.21 bits per heavy atom. The van der Waals surface area contributed by atoms with Crippen molar-refractivity contribution in [3.05, 3.63) is 81.7 Å². The van der Waals surface area contributed by atoms with Gasteiger partial charge in [-0.3, -0.25) is 19.7 Å². The normalized spacial score (nSPS) is 28.1. The molecule has 6 N–H and O–H groups in total. The minimum atomic E-state index is -0.834. The fourth-order valence-corrected chi connectivity index (χ4v) is 8.92. The lowest BCUT2D eigenvalue weighted by Crippen LogP contribution is -3.07. The largest absolute Gasteiger partial charge is 0.504 e. The molecular formula is C38H47N4O5+. The summed E-state index contributed by atoms with van der Waals surface area (Å²) in [5.74, 6) is 1.26. The first-order valence-corrected chi connectivity index (χ1v) is 17.4. The number of phenols is 1. The van der Waals surface area contributed by atoms with E-state index in [1.807, 2.05) is 6.92 Å². The van der Waals surface area contributed by atoms with Crippen LogP contribution in [0.2, 0.25) is 0 Å². The van der Waals surface area contributed by atoms with Crippen LogP contribution in [-0.2, 0) is 16.6 Å². The molecule has 0 aromatic heterocycles. The number of ether oxygens (including phenoxy) is 1. The van der Waals surface area contributed by atoms with Crippen molar-refractivity contribution in [2.45, 2.75) is 101 Å². The number of aliphatic hydroxyl groups excluding tert-OH is 2. The van der Waals surface area contributed by atoms with Gasteiger partial charge in [0, 0.05) is 42.2 Å². The maximum atomic E-state index is 12.5. The highest BCUT2D eigenvalue weighted by molar-refractivity contribution is 5.91. The summed E-state index contributed by atoms with van der Waals surface area (Å²) in [7, 11) is 0. The van der Waals surface area contributed by atoms with Gasteiger partial charge in [0.05, 0.1) is 12.2 Å².